The number of hydrogen-bond donors (Lipinski definition) is 1. The molecule has 0 radical (unpaired) electrons. The maximum Gasteiger partial charge on any atom is 0.360 e. The number of carbonyl (C=O) groups excluding carboxylic acids is 1. The fraction of sp³-hybridized carbons (Fsp3) is 0.182. The molecule has 3 aromatic rings. The molecule has 0 bridgehead atoms. The van der Waals surface area contributed by atoms with E-state index in [0.29, 0.717) is 21.4 Å². The van der Waals surface area contributed by atoms with Gasteiger partial charge in [-0.15, -0.1) is 0 Å². The maximum absolute atomic E-state index is 11.5. The molecule has 3 aromatic heterocycles. The fourth-order valence-electron chi connectivity index (χ4n) is 1.51. The molecule has 0 aliphatic heterocycles. The molecular weight excluding hydrogens is 282 g/mol. The molecule has 0 fully saturated rings. The molecule has 0 amide bonds. The van der Waals surface area contributed by atoms with E-state index in [1.54, 1.807) is 6.92 Å². The normalized spacial score (nSPS) is 10.8. The van der Waals surface area contributed by atoms with Crippen molar-refractivity contribution in [3.8, 4) is 0 Å². The molecule has 0 spiro atoms. The number of aromatic amines is 1. The van der Waals surface area contributed by atoms with E-state index in [-0.39, 0.29) is 12.3 Å². The molecular formula is C11H9N5O3S. The minimum Gasteiger partial charge on any atom is -0.461 e. The third-order valence-electron chi connectivity index (χ3n) is 2.34. The van der Waals surface area contributed by atoms with Crippen LogP contribution in [0.2, 0.25) is 0 Å². The number of oxazole rings is 1. The summed E-state index contributed by atoms with van der Waals surface area (Å²) in [6.45, 7) is 2.01. The van der Waals surface area contributed by atoms with E-state index in [1.165, 1.54) is 30.7 Å². The van der Waals surface area contributed by atoms with Crippen molar-refractivity contribution in [2.75, 3.05) is 6.61 Å². The molecule has 0 unspecified atom stereocenters. The first kappa shape index (κ1) is 12.6. The molecule has 8 nitrogen and oxygen atoms in total. The Bertz CT molecular complexity index is 753. The third-order valence-corrected chi connectivity index (χ3v) is 3.20. The van der Waals surface area contributed by atoms with Gasteiger partial charge in [-0.3, -0.25) is 0 Å². The SMILES string of the molecule is CCOC(=O)c1coc(Sc2ncnc3nc[nH]c23)n1. The van der Waals surface area contributed by atoms with E-state index >= 15 is 0 Å². The van der Waals surface area contributed by atoms with E-state index in [4.69, 9.17) is 9.15 Å². The Hall–Kier alpha value is -2.42. The van der Waals surface area contributed by atoms with Crippen molar-refractivity contribution in [3.63, 3.8) is 0 Å². The van der Waals surface area contributed by atoms with Gasteiger partial charge in [-0.2, -0.15) is 4.98 Å². The number of hydrogen-bond acceptors (Lipinski definition) is 8. The van der Waals surface area contributed by atoms with Crippen LogP contribution in [0.25, 0.3) is 11.2 Å². The van der Waals surface area contributed by atoms with Crippen LogP contribution in [0.4, 0.5) is 0 Å². The van der Waals surface area contributed by atoms with Gasteiger partial charge in [0.2, 0.25) is 0 Å². The Morgan fingerprint density at radius 3 is 3.20 bits per heavy atom. The lowest BCUT2D eigenvalue weighted by molar-refractivity contribution is 0.0519. The monoisotopic (exact) mass is 291 g/mol. The summed E-state index contributed by atoms with van der Waals surface area (Å²) in [6.07, 6.45) is 4.19. The Labute approximate surface area is 117 Å². The van der Waals surface area contributed by atoms with Crippen LogP contribution in [0.5, 0.6) is 0 Å². The van der Waals surface area contributed by atoms with Gasteiger partial charge in [0, 0.05) is 0 Å². The van der Waals surface area contributed by atoms with Gasteiger partial charge in [-0.1, -0.05) is 0 Å². The number of fused-ring (bicyclic) bond motifs is 1. The van der Waals surface area contributed by atoms with Gasteiger partial charge in [0.05, 0.1) is 12.9 Å². The van der Waals surface area contributed by atoms with Crippen molar-refractivity contribution in [1.82, 2.24) is 24.9 Å². The van der Waals surface area contributed by atoms with Crippen LogP contribution >= 0.6 is 11.8 Å². The van der Waals surface area contributed by atoms with E-state index in [9.17, 15) is 4.79 Å². The molecule has 3 heterocycles. The van der Waals surface area contributed by atoms with Crippen molar-refractivity contribution < 1.29 is 13.9 Å². The van der Waals surface area contributed by atoms with Gasteiger partial charge in [0.15, 0.2) is 11.3 Å². The Morgan fingerprint density at radius 1 is 1.45 bits per heavy atom. The third kappa shape index (κ3) is 2.35. The van der Waals surface area contributed by atoms with Crippen LogP contribution < -0.4 is 0 Å². The van der Waals surface area contributed by atoms with Gasteiger partial charge in [0.1, 0.15) is 23.1 Å². The second kappa shape index (κ2) is 5.29. The van der Waals surface area contributed by atoms with Gasteiger partial charge in [-0.05, 0) is 18.7 Å². The summed E-state index contributed by atoms with van der Waals surface area (Å²) in [5, 5.41) is 0.910. The zero-order valence-electron chi connectivity index (χ0n) is 10.4. The van der Waals surface area contributed by atoms with E-state index in [2.05, 4.69) is 24.9 Å². The summed E-state index contributed by atoms with van der Waals surface area (Å²) in [4.78, 5) is 30.6. The molecule has 0 aromatic carbocycles. The van der Waals surface area contributed by atoms with Gasteiger partial charge in [0.25, 0.3) is 5.22 Å². The lowest BCUT2D eigenvalue weighted by Gasteiger charge is -1.96. The van der Waals surface area contributed by atoms with Crippen molar-refractivity contribution in [3.05, 3.63) is 24.6 Å². The predicted octanol–water partition coefficient (Wildman–Crippen LogP) is 1.67. The van der Waals surface area contributed by atoms with Crippen LogP contribution in [0.3, 0.4) is 0 Å². The molecule has 0 saturated heterocycles. The van der Waals surface area contributed by atoms with Crippen molar-refractivity contribution in [2.45, 2.75) is 17.2 Å². The minimum absolute atomic E-state index is 0.129. The number of esters is 1. The highest BCUT2D eigenvalue weighted by atomic mass is 32.2. The van der Waals surface area contributed by atoms with E-state index in [1.807, 2.05) is 0 Å². The van der Waals surface area contributed by atoms with Gasteiger partial charge < -0.3 is 14.1 Å². The highest BCUT2D eigenvalue weighted by molar-refractivity contribution is 7.99. The fourth-order valence-corrected chi connectivity index (χ4v) is 2.26. The Kier molecular flexibility index (Phi) is 3.33. The number of aromatic nitrogens is 5. The zero-order chi connectivity index (χ0) is 13.9. The molecule has 0 aliphatic rings. The standard InChI is InChI=1S/C11H9N5O3S/c1-2-18-10(17)6-3-19-11(16-6)20-9-7-8(13-4-12-7)14-5-15-9/h3-5H,2H2,1H3,(H,12,13,14,15). The first-order chi connectivity index (χ1) is 9.78. The van der Waals surface area contributed by atoms with E-state index in [0.717, 1.165) is 0 Å². The average molecular weight is 291 g/mol. The van der Waals surface area contributed by atoms with Crippen LogP contribution in [0.15, 0.2) is 33.6 Å². The molecule has 3 rings (SSSR count). The number of ether oxygens (including phenoxy) is 1. The number of nitrogens with one attached hydrogen (secondary N) is 1. The number of nitrogens with zero attached hydrogens (tertiary/aromatic N) is 4. The minimum atomic E-state index is -0.516. The summed E-state index contributed by atoms with van der Waals surface area (Å²) >= 11 is 1.17. The highest BCUT2D eigenvalue weighted by Crippen LogP contribution is 2.28. The van der Waals surface area contributed by atoms with Crippen LogP contribution in [0, 0.1) is 0 Å². The average Bonchev–Trinajstić information content (AvgIpc) is 3.08. The van der Waals surface area contributed by atoms with Crippen LogP contribution in [-0.2, 0) is 4.74 Å². The smallest absolute Gasteiger partial charge is 0.360 e. The molecule has 0 atom stereocenters. The first-order valence-corrected chi connectivity index (χ1v) is 6.54. The predicted molar refractivity (Wildman–Crippen MR) is 68.3 cm³/mol. The molecule has 9 heteroatoms. The number of imidazole rings is 1. The molecule has 0 saturated carbocycles. The summed E-state index contributed by atoms with van der Waals surface area (Å²) in [5.74, 6) is -0.516. The second-order valence-electron chi connectivity index (χ2n) is 3.60. The Balaban J connectivity index is 1.84. The quantitative estimate of drug-likeness (QED) is 0.571. The van der Waals surface area contributed by atoms with Crippen molar-refractivity contribution in [2.24, 2.45) is 0 Å². The van der Waals surface area contributed by atoms with Crippen LogP contribution in [0.1, 0.15) is 17.4 Å². The maximum atomic E-state index is 11.5. The zero-order valence-corrected chi connectivity index (χ0v) is 11.2. The van der Waals surface area contributed by atoms with Crippen molar-refractivity contribution in [1.29, 1.82) is 0 Å². The lowest BCUT2D eigenvalue weighted by atomic mass is 10.5. The first-order valence-electron chi connectivity index (χ1n) is 5.72. The second-order valence-corrected chi connectivity index (χ2v) is 4.54. The lowest BCUT2D eigenvalue weighted by Crippen LogP contribution is -2.04. The summed E-state index contributed by atoms with van der Waals surface area (Å²) in [6, 6.07) is 0. The summed E-state index contributed by atoms with van der Waals surface area (Å²) in [7, 11) is 0. The number of carbonyl (C=O) groups is 1. The summed E-state index contributed by atoms with van der Waals surface area (Å²) < 4.78 is 10.1. The molecule has 20 heavy (non-hydrogen) atoms. The van der Waals surface area contributed by atoms with Gasteiger partial charge in [-0.25, -0.2) is 19.7 Å². The molecule has 0 aliphatic carbocycles. The number of H-pyrrole nitrogens is 1. The molecule has 1 N–H and O–H groups in total. The van der Waals surface area contributed by atoms with Crippen molar-refractivity contribution >= 4 is 28.9 Å². The Morgan fingerprint density at radius 2 is 2.35 bits per heavy atom. The summed E-state index contributed by atoms with van der Waals surface area (Å²) in [5.41, 5.74) is 1.37. The largest absolute Gasteiger partial charge is 0.461 e. The highest BCUT2D eigenvalue weighted by Gasteiger charge is 2.16. The van der Waals surface area contributed by atoms with Gasteiger partial charge >= 0.3 is 5.97 Å². The molecule has 102 valence electrons. The van der Waals surface area contributed by atoms with Crippen LogP contribution in [-0.4, -0.2) is 37.5 Å². The topological polar surface area (TPSA) is 107 Å². The van der Waals surface area contributed by atoms with E-state index < -0.39 is 5.97 Å². The number of rotatable bonds is 4.